The summed E-state index contributed by atoms with van der Waals surface area (Å²) in [4.78, 5) is 34.1. The first-order valence-electron chi connectivity index (χ1n) is 7.51. The molecule has 0 bridgehead atoms. The van der Waals surface area contributed by atoms with Crippen molar-refractivity contribution < 1.29 is 19.5 Å². The number of hydrogen-bond acceptors (Lipinski definition) is 4. The van der Waals surface area contributed by atoms with Crippen molar-refractivity contribution in [3.05, 3.63) is 29.8 Å². The van der Waals surface area contributed by atoms with Crippen molar-refractivity contribution in [2.45, 2.75) is 19.3 Å². The minimum atomic E-state index is -0.857. The van der Waals surface area contributed by atoms with Gasteiger partial charge in [-0.15, -0.1) is 11.8 Å². The third kappa shape index (κ3) is 5.59. The van der Waals surface area contributed by atoms with Crippen LogP contribution in [0.4, 0.5) is 5.69 Å². The summed E-state index contributed by atoms with van der Waals surface area (Å²) in [5, 5.41) is 14.1. The van der Waals surface area contributed by atoms with Gasteiger partial charge in [0.25, 0.3) is 0 Å². The van der Waals surface area contributed by atoms with Crippen molar-refractivity contribution in [1.82, 2.24) is 5.32 Å². The summed E-state index contributed by atoms with van der Waals surface area (Å²) in [5.41, 5.74) is 1.95. The summed E-state index contributed by atoms with van der Waals surface area (Å²) in [6, 6.07) is 7.69. The molecule has 0 radical (unpaired) electrons. The Morgan fingerprint density at radius 1 is 1.35 bits per heavy atom. The molecule has 2 amide bonds. The van der Waals surface area contributed by atoms with E-state index in [1.807, 2.05) is 24.3 Å². The fourth-order valence-corrected chi connectivity index (χ4v) is 3.03. The lowest BCUT2D eigenvalue weighted by molar-refractivity contribution is -0.134. The number of hydrogen-bond donors (Lipinski definition) is 3. The lowest BCUT2D eigenvalue weighted by Gasteiger charge is -2.24. The van der Waals surface area contributed by atoms with Crippen molar-refractivity contribution in [3.63, 3.8) is 0 Å². The van der Waals surface area contributed by atoms with E-state index in [2.05, 4.69) is 10.6 Å². The number of carbonyl (C=O) groups is 3. The number of para-hydroxylation sites is 1. The van der Waals surface area contributed by atoms with Crippen molar-refractivity contribution in [2.75, 3.05) is 23.4 Å². The Bertz CT molecular complexity index is 591. The number of carboxylic acids is 1. The molecule has 0 saturated carbocycles. The lowest BCUT2D eigenvalue weighted by Crippen LogP contribution is -2.32. The molecule has 124 valence electrons. The van der Waals surface area contributed by atoms with Crippen LogP contribution >= 0.6 is 11.8 Å². The molecule has 0 aliphatic carbocycles. The summed E-state index contributed by atoms with van der Waals surface area (Å²) >= 11 is 1.26. The van der Waals surface area contributed by atoms with E-state index in [4.69, 9.17) is 5.11 Å². The SMILES string of the molecule is O=C(O)CSCCNC(=O)CCC1Cc2ccccc2NC1=O. The predicted molar refractivity (Wildman–Crippen MR) is 89.5 cm³/mol. The van der Waals surface area contributed by atoms with E-state index in [1.54, 1.807) is 0 Å². The van der Waals surface area contributed by atoms with E-state index in [9.17, 15) is 14.4 Å². The monoisotopic (exact) mass is 336 g/mol. The quantitative estimate of drug-likeness (QED) is 0.626. The Balaban J connectivity index is 1.68. The smallest absolute Gasteiger partial charge is 0.313 e. The molecular formula is C16H20N2O4S. The zero-order chi connectivity index (χ0) is 16.7. The van der Waals surface area contributed by atoms with Gasteiger partial charge in [-0.3, -0.25) is 14.4 Å². The maximum Gasteiger partial charge on any atom is 0.313 e. The van der Waals surface area contributed by atoms with E-state index in [0.29, 0.717) is 31.6 Å². The molecule has 1 unspecified atom stereocenters. The van der Waals surface area contributed by atoms with Crippen molar-refractivity contribution in [3.8, 4) is 0 Å². The molecule has 0 spiro atoms. The van der Waals surface area contributed by atoms with Gasteiger partial charge in [0.1, 0.15) is 0 Å². The van der Waals surface area contributed by atoms with Crippen LogP contribution in [0, 0.1) is 5.92 Å². The maximum absolute atomic E-state index is 12.0. The van der Waals surface area contributed by atoms with Crippen LogP contribution in [0.15, 0.2) is 24.3 Å². The Labute approximate surface area is 139 Å². The van der Waals surface area contributed by atoms with E-state index in [-0.39, 0.29) is 23.5 Å². The summed E-state index contributed by atoms with van der Waals surface area (Å²) in [6.07, 6.45) is 1.46. The number of fused-ring (bicyclic) bond motifs is 1. The maximum atomic E-state index is 12.0. The van der Waals surface area contributed by atoms with Gasteiger partial charge in [-0.25, -0.2) is 0 Å². The highest BCUT2D eigenvalue weighted by Crippen LogP contribution is 2.27. The molecule has 7 heteroatoms. The number of amides is 2. The standard InChI is InChI=1S/C16H20N2O4S/c19-14(17-7-8-23-10-15(20)21)6-5-12-9-11-3-1-2-4-13(11)18-16(12)22/h1-4,12H,5-10H2,(H,17,19)(H,18,22)(H,20,21). The molecule has 0 aromatic heterocycles. The molecule has 3 N–H and O–H groups in total. The number of aliphatic carboxylic acids is 1. The van der Waals surface area contributed by atoms with Gasteiger partial charge in [-0.2, -0.15) is 0 Å². The third-order valence-corrected chi connectivity index (χ3v) is 4.57. The minimum absolute atomic E-state index is 0.0338. The zero-order valence-corrected chi connectivity index (χ0v) is 13.5. The predicted octanol–water partition coefficient (Wildman–Crippen LogP) is 1.51. The topological polar surface area (TPSA) is 95.5 Å². The van der Waals surface area contributed by atoms with Gasteiger partial charge in [0.2, 0.25) is 11.8 Å². The van der Waals surface area contributed by atoms with Crippen LogP contribution in [-0.4, -0.2) is 40.9 Å². The second kappa shape index (κ2) is 8.57. The van der Waals surface area contributed by atoms with Crippen LogP contribution in [0.5, 0.6) is 0 Å². The number of thioether (sulfide) groups is 1. The van der Waals surface area contributed by atoms with Crippen LogP contribution < -0.4 is 10.6 Å². The van der Waals surface area contributed by atoms with E-state index < -0.39 is 5.97 Å². The van der Waals surface area contributed by atoms with Crippen molar-refractivity contribution in [1.29, 1.82) is 0 Å². The molecule has 1 aromatic rings. The molecular weight excluding hydrogens is 316 g/mol. The Hall–Kier alpha value is -2.02. The van der Waals surface area contributed by atoms with Gasteiger partial charge in [0, 0.05) is 30.3 Å². The molecule has 6 nitrogen and oxygen atoms in total. The van der Waals surface area contributed by atoms with Crippen LogP contribution in [0.1, 0.15) is 18.4 Å². The fraction of sp³-hybridized carbons (Fsp3) is 0.438. The number of anilines is 1. The first-order valence-corrected chi connectivity index (χ1v) is 8.66. The largest absolute Gasteiger partial charge is 0.481 e. The lowest BCUT2D eigenvalue weighted by atomic mass is 9.89. The zero-order valence-electron chi connectivity index (χ0n) is 12.7. The van der Waals surface area contributed by atoms with Gasteiger partial charge in [0.05, 0.1) is 5.75 Å². The highest BCUT2D eigenvalue weighted by molar-refractivity contribution is 7.99. The summed E-state index contributed by atoms with van der Waals surface area (Å²) < 4.78 is 0. The second-order valence-electron chi connectivity index (χ2n) is 5.38. The molecule has 1 aliphatic rings. The Morgan fingerprint density at radius 2 is 2.13 bits per heavy atom. The highest BCUT2D eigenvalue weighted by Gasteiger charge is 2.26. The number of carbonyl (C=O) groups excluding carboxylic acids is 2. The van der Waals surface area contributed by atoms with Gasteiger partial charge in [-0.1, -0.05) is 18.2 Å². The minimum Gasteiger partial charge on any atom is -0.481 e. The second-order valence-corrected chi connectivity index (χ2v) is 6.49. The number of benzene rings is 1. The average molecular weight is 336 g/mol. The Kier molecular flexibility index (Phi) is 6.46. The number of nitrogens with one attached hydrogen (secondary N) is 2. The first-order chi connectivity index (χ1) is 11.1. The molecule has 1 aliphatic heterocycles. The van der Waals surface area contributed by atoms with Crippen LogP contribution in [-0.2, 0) is 20.8 Å². The summed E-state index contributed by atoms with van der Waals surface area (Å²) in [6.45, 7) is 0.441. The molecule has 23 heavy (non-hydrogen) atoms. The molecule has 0 saturated heterocycles. The number of rotatable bonds is 8. The average Bonchev–Trinajstić information content (AvgIpc) is 2.52. The van der Waals surface area contributed by atoms with E-state index in [0.717, 1.165) is 11.3 Å². The molecule has 1 atom stereocenters. The normalized spacial score (nSPS) is 16.3. The van der Waals surface area contributed by atoms with Crippen molar-refractivity contribution in [2.24, 2.45) is 5.92 Å². The van der Waals surface area contributed by atoms with Gasteiger partial charge in [-0.05, 0) is 24.5 Å². The van der Waals surface area contributed by atoms with Crippen LogP contribution in [0.25, 0.3) is 0 Å². The number of carboxylic acid groups (broad SMARTS) is 1. The van der Waals surface area contributed by atoms with Gasteiger partial charge in [0.15, 0.2) is 0 Å². The van der Waals surface area contributed by atoms with Gasteiger partial charge >= 0.3 is 5.97 Å². The van der Waals surface area contributed by atoms with Crippen LogP contribution in [0.2, 0.25) is 0 Å². The molecule has 2 rings (SSSR count). The highest BCUT2D eigenvalue weighted by atomic mass is 32.2. The summed E-state index contributed by atoms with van der Waals surface area (Å²) in [7, 11) is 0. The molecule has 0 fully saturated rings. The fourth-order valence-electron chi connectivity index (χ4n) is 2.46. The van der Waals surface area contributed by atoms with Crippen LogP contribution in [0.3, 0.4) is 0 Å². The third-order valence-electron chi connectivity index (χ3n) is 3.63. The first kappa shape index (κ1) is 17.3. The van der Waals surface area contributed by atoms with E-state index in [1.165, 1.54) is 11.8 Å². The molecule has 1 aromatic carbocycles. The van der Waals surface area contributed by atoms with Crippen molar-refractivity contribution >= 4 is 35.2 Å². The van der Waals surface area contributed by atoms with Gasteiger partial charge < -0.3 is 15.7 Å². The molecule has 1 heterocycles. The Morgan fingerprint density at radius 3 is 2.91 bits per heavy atom. The van der Waals surface area contributed by atoms with E-state index >= 15 is 0 Å². The summed E-state index contributed by atoms with van der Waals surface area (Å²) in [5.74, 6) is -0.574.